The van der Waals surface area contributed by atoms with Crippen molar-refractivity contribution in [3.8, 4) is 0 Å². The first-order valence-electron chi connectivity index (χ1n) is 4.49. The maximum atomic E-state index is 10.3. The fourth-order valence-electron chi connectivity index (χ4n) is 1.01. The molecule has 0 aliphatic carbocycles. The molecule has 1 rings (SSSR count). The lowest BCUT2D eigenvalue weighted by Crippen LogP contribution is -2.24. The second-order valence-electron chi connectivity index (χ2n) is 2.92. The van der Waals surface area contributed by atoms with Crippen LogP contribution >= 0.6 is 15.9 Å². The van der Waals surface area contributed by atoms with Gasteiger partial charge < -0.3 is 10.6 Å². The summed E-state index contributed by atoms with van der Waals surface area (Å²) in [4.78, 5) is 13.8. The Morgan fingerprint density at radius 1 is 1.69 bits per heavy atom. The molecule has 86 valence electrons. The van der Waals surface area contributed by atoms with E-state index in [0.29, 0.717) is 12.4 Å². The van der Waals surface area contributed by atoms with Crippen molar-refractivity contribution in [3.63, 3.8) is 0 Å². The molecule has 1 heterocycles. The quantitative estimate of drug-likeness (QED) is 0.483. The lowest BCUT2D eigenvalue weighted by Gasteiger charge is -2.07. The first-order valence-corrected chi connectivity index (χ1v) is 5.28. The van der Waals surface area contributed by atoms with Crippen LogP contribution in [0.1, 0.15) is 5.56 Å². The Morgan fingerprint density at radius 2 is 2.44 bits per heavy atom. The van der Waals surface area contributed by atoms with E-state index in [1.54, 1.807) is 13.2 Å². The predicted octanol–water partition coefficient (Wildman–Crippen LogP) is 1.23. The fraction of sp³-hybridized carbons (Fsp3) is 0.222. The van der Waals surface area contributed by atoms with Crippen LogP contribution in [0.3, 0.4) is 0 Å². The minimum atomic E-state index is -0.515. The number of nitrogens with one attached hydrogen (secondary N) is 2. The van der Waals surface area contributed by atoms with Crippen LogP contribution in [-0.2, 0) is 6.54 Å². The molecule has 6 nitrogen and oxygen atoms in total. The third-order valence-electron chi connectivity index (χ3n) is 1.78. The number of nitrogens with zero attached hydrogens (tertiary/aromatic N) is 2. The summed E-state index contributed by atoms with van der Waals surface area (Å²) in [6, 6.07) is 3.69. The average molecular weight is 287 g/mol. The van der Waals surface area contributed by atoms with E-state index in [9.17, 15) is 10.1 Å². The number of nitro groups is 1. The summed E-state index contributed by atoms with van der Waals surface area (Å²) in [5, 5.41) is 15.8. The largest absolute Gasteiger partial charge is 0.370 e. The summed E-state index contributed by atoms with van der Waals surface area (Å²) >= 11 is 3.23. The van der Waals surface area contributed by atoms with Gasteiger partial charge in [-0.1, -0.05) is 6.07 Å². The normalized spacial score (nSPS) is 11.0. The van der Waals surface area contributed by atoms with Crippen molar-refractivity contribution < 1.29 is 4.92 Å². The molecule has 16 heavy (non-hydrogen) atoms. The predicted molar refractivity (Wildman–Crippen MR) is 62.9 cm³/mol. The van der Waals surface area contributed by atoms with Crippen LogP contribution in [0.2, 0.25) is 0 Å². The number of halogens is 1. The van der Waals surface area contributed by atoms with Gasteiger partial charge in [-0.3, -0.25) is 10.1 Å². The standard InChI is InChI=1S/C9H11BrN4O2/c1-11-9(6-14(15)16)13-5-7-2-3-8(10)12-4-7/h2-4,6,11,13H,5H2,1H3/b9-6+. The lowest BCUT2D eigenvalue weighted by atomic mass is 10.3. The highest BCUT2D eigenvalue weighted by Gasteiger charge is 2.00. The molecule has 0 aromatic carbocycles. The summed E-state index contributed by atoms with van der Waals surface area (Å²) < 4.78 is 0.755. The molecule has 0 radical (unpaired) electrons. The van der Waals surface area contributed by atoms with Crippen LogP contribution in [0.4, 0.5) is 0 Å². The minimum absolute atomic E-state index is 0.355. The van der Waals surface area contributed by atoms with Crippen LogP contribution in [0.5, 0.6) is 0 Å². The number of rotatable bonds is 5. The number of hydrogen-bond acceptors (Lipinski definition) is 5. The SMILES string of the molecule is CN/C(=C\[N+](=O)[O-])NCc1ccc(Br)nc1. The van der Waals surface area contributed by atoms with E-state index in [0.717, 1.165) is 16.4 Å². The van der Waals surface area contributed by atoms with Crippen molar-refractivity contribution in [1.29, 1.82) is 0 Å². The highest BCUT2D eigenvalue weighted by Crippen LogP contribution is 2.06. The highest BCUT2D eigenvalue weighted by atomic mass is 79.9. The summed E-state index contributed by atoms with van der Waals surface area (Å²) in [6.45, 7) is 0.473. The molecule has 0 fully saturated rings. The van der Waals surface area contributed by atoms with Crippen molar-refractivity contribution in [3.05, 3.63) is 50.6 Å². The van der Waals surface area contributed by atoms with Gasteiger partial charge in [-0.15, -0.1) is 0 Å². The van der Waals surface area contributed by atoms with Crippen molar-refractivity contribution in [2.24, 2.45) is 0 Å². The topological polar surface area (TPSA) is 80.1 Å². The van der Waals surface area contributed by atoms with E-state index in [1.165, 1.54) is 0 Å². The van der Waals surface area contributed by atoms with Crippen LogP contribution in [0.15, 0.2) is 35.0 Å². The summed E-state index contributed by atoms with van der Waals surface area (Å²) in [6.07, 6.45) is 2.57. The van der Waals surface area contributed by atoms with E-state index in [1.807, 2.05) is 12.1 Å². The van der Waals surface area contributed by atoms with Gasteiger partial charge >= 0.3 is 0 Å². The summed E-state index contributed by atoms with van der Waals surface area (Å²) in [7, 11) is 1.61. The molecule has 0 aliphatic rings. The zero-order chi connectivity index (χ0) is 12.0. The molecule has 0 saturated heterocycles. The molecule has 0 unspecified atom stereocenters. The Balaban J connectivity index is 2.56. The third-order valence-corrected chi connectivity index (χ3v) is 2.24. The van der Waals surface area contributed by atoms with Gasteiger partial charge in [0, 0.05) is 19.8 Å². The zero-order valence-electron chi connectivity index (χ0n) is 8.61. The highest BCUT2D eigenvalue weighted by molar-refractivity contribution is 9.10. The maximum Gasteiger partial charge on any atom is 0.274 e. The van der Waals surface area contributed by atoms with Crippen molar-refractivity contribution in [2.75, 3.05) is 7.05 Å². The Kier molecular flexibility index (Phi) is 4.71. The summed E-state index contributed by atoms with van der Waals surface area (Å²) in [5.74, 6) is 0.355. The second-order valence-corrected chi connectivity index (χ2v) is 3.73. The molecule has 1 aromatic heterocycles. The smallest absolute Gasteiger partial charge is 0.274 e. The van der Waals surface area contributed by atoms with Crippen LogP contribution < -0.4 is 10.6 Å². The molecule has 7 heteroatoms. The molecule has 0 saturated carbocycles. The molecular formula is C9H11BrN4O2. The fourth-order valence-corrected chi connectivity index (χ4v) is 1.25. The van der Waals surface area contributed by atoms with Gasteiger partial charge in [0.2, 0.25) is 0 Å². The van der Waals surface area contributed by atoms with Gasteiger partial charge in [-0.25, -0.2) is 4.98 Å². The first-order chi connectivity index (χ1) is 7.61. The van der Waals surface area contributed by atoms with Gasteiger partial charge in [0.1, 0.15) is 4.60 Å². The maximum absolute atomic E-state index is 10.3. The van der Waals surface area contributed by atoms with Crippen LogP contribution in [0.25, 0.3) is 0 Å². The molecule has 0 atom stereocenters. The van der Waals surface area contributed by atoms with Crippen molar-refractivity contribution in [2.45, 2.75) is 6.54 Å². The first kappa shape index (κ1) is 12.4. The van der Waals surface area contributed by atoms with Crippen molar-refractivity contribution in [1.82, 2.24) is 15.6 Å². The van der Waals surface area contributed by atoms with E-state index in [2.05, 4.69) is 31.5 Å². The van der Waals surface area contributed by atoms with E-state index < -0.39 is 4.92 Å². The van der Waals surface area contributed by atoms with Crippen molar-refractivity contribution >= 4 is 15.9 Å². The van der Waals surface area contributed by atoms with Gasteiger partial charge in [0.05, 0.1) is 4.92 Å². The van der Waals surface area contributed by atoms with E-state index in [4.69, 9.17) is 0 Å². The van der Waals surface area contributed by atoms with E-state index in [-0.39, 0.29) is 0 Å². The average Bonchev–Trinajstić information content (AvgIpc) is 2.26. The number of pyridine rings is 1. The number of hydrogen-bond donors (Lipinski definition) is 2. The van der Waals surface area contributed by atoms with E-state index >= 15 is 0 Å². The van der Waals surface area contributed by atoms with Crippen LogP contribution in [0, 0.1) is 10.1 Å². The van der Waals surface area contributed by atoms with Gasteiger partial charge in [0.25, 0.3) is 6.20 Å². The molecule has 0 bridgehead atoms. The summed E-state index contributed by atoms with van der Waals surface area (Å²) in [5.41, 5.74) is 0.938. The Morgan fingerprint density at radius 3 is 2.94 bits per heavy atom. The van der Waals surface area contributed by atoms with Gasteiger partial charge in [0.15, 0.2) is 5.82 Å². The second kappa shape index (κ2) is 6.06. The monoisotopic (exact) mass is 286 g/mol. The minimum Gasteiger partial charge on any atom is -0.370 e. The molecule has 2 N–H and O–H groups in total. The van der Waals surface area contributed by atoms with Gasteiger partial charge in [-0.2, -0.15) is 0 Å². The van der Waals surface area contributed by atoms with Crippen LogP contribution in [-0.4, -0.2) is 17.0 Å². The molecular weight excluding hydrogens is 276 g/mol. The lowest BCUT2D eigenvalue weighted by molar-refractivity contribution is -0.404. The zero-order valence-corrected chi connectivity index (χ0v) is 10.2. The molecule has 0 aliphatic heterocycles. The Hall–Kier alpha value is -1.63. The molecule has 0 spiro atoms. The Bertz CT molecular complexity index is 391. The Labute approximate surface area is 101 Å². The molecule has 1 aromatic rings. The number of aromatic nitrogens is 1. The van der Waals surface area contributed by atoms with Gasteiger partial charge in [-0.05, 0) is 27.6 Å². The molecule has 0 amide bonds. The third kappa shape index (κ3) is 4.26.